The molecule has 102 valence electrons. The molecule has 0 atom stereocenters. The molecule has 0 amide bonds. The maximum Gasteiger partial charge on any atom is 0.0645 e. The smallest absolute Gasteiger partial charge is 0.0645 e. The van der Waals surface area contributed by atoms with Crippen LogP contribution in [0.2, 0.25) is 0 Å². The summed E-state index contributed by atoms with van der Waals surface area (Å²) in [6, 6.07) is 2.38. The Kier molecular flexibility index (Phi) is 1.78. The molecule has 0 aliphatic rings. The third-order valence-electron chi connectivity index (χ3n) is 3.18. The lowest BCUT2D eigenvalue weighted by Gasteiger charge is -2.10. The van der Waals surface area contributed by atoms with Crippen LogP contribution in [0, 0.1) is 3.57 Å². The van der Waals surface area contributed by atoms with Gasteiger partial charge in [-0.2, -0.15) is 0 Å². The van der Waals surface area contributed by atoms with Gasteiger partial charge in [0, 0.05) is 18.8 Å². The van der Waals surface area contributed by atoms with Gasteiger partial charge in [-0.15, -0.1) is 0 Å². The first kappa shape index (κ1) is 7.29. The first-order valence-corrected chi connectivity index (χ1v) is 7.91. The van der Waals surface area contributed by atoms with Crippen LogP contribution in [-0.2, 0) is 0 Å². The minimum atomic E-state index is -0.446. The summed E-state index contributed by atoms with van der Waals surface area (Å²) < 4.78 is 69.0. The highest BCUT2D eigenvalue weighted by Gasteiger charge is 2.13. The number of para-hydroxylation sites is 2. The molecule has 0 saturated carbocycles. The number of fused-ring (bicyclic) bond motifs is 3. The largest absolute Gasteiger partial charge is 0.308 e. The summed E-state index contributed by atoms with van der Waals surface area (Å²) in [5.41, 5.74) is 0.790. The van der Waals surface area contributed by atoms with Crippen LogP contribution in [0.25, 0.3) is 27.5 Å². The first-order chi connectivity index (χ1) is 13.6. The lowest BCUT2D eigenvalue weighted by Crippen LogP contribution is -1.96. The van der Waals surface area contributed by atoms with Gasteiger partial charge >= 0.3 is 0 Å². The van der Waals surface area contributed by atoms with E-state index >= 15 is 0 Å². The summed E-state index contributed by atoms with van der Waals surface area (Å²) in [5.74, 6) is 0. The van der Waals surface area contributed by atoms with E-state index in [1.807, 2.05) is 12.1 Å². The Morgan fingerprint density at radius 1 is 0.905 bits per heavy atom. The van der Waals surface area contributed by atoms with Crippen LogP contribution in [0.5, 0.6) is 0 Å². The van der Waals surface area contributed by atoms with E-state index in [-0.39, 0.29) is 46.0 Å². The Morgan fingerprint density at radius 2 is 1.48 bits per heavy atom. The fourth-order valence-electron chi connectivity index (χ4n) is 2.32. The van der Waals surface area contributed by atoms with Crippen molar-refractivity contribution < 1.29 is 11.0 Å². The van der Waals surface area contributed by atoms with Crippen molar-refractivity contribution in [2.75, 3.05) is 0 Å². The zero-order valence-electron chi connectivity index (χ0n) is 18.4. The fourth-order valence-corrected chi connectivity index (χ4v) is 3.24. The molecule has 21 heavy (non-hydrogen) atoms. The highest BCUT2D eigenvalue weighted by atomic mass is 127. The second kappa shape index (κ2) is 5.14. The molecule has 0 radical (unpaired) electrons. The van der Waals surface area contributed by atoms with Crippen molar-refractivity contribution in [2.24, 2.45) is 0 Å². The second-order valence-electron chi connectivity index (χ2n) is 4.38. The van der Waals surface area contributed by atoms with Gasteiger partial charge in [-0.3, -0.25) is 0 Å². The van der Waals surface area contributed by atoms with Gasteiger partial charge in [0.1, 0.15) is 0 Å². The number of aromatic nitrogens is 1. The predicted octanol–water partition coefficient (Wildman–Crippen LogP) is 6.15. The Morgan fingerprint density at radius 3 is 2.10 bits per heavy atom. The van der Waals surface area contributed by atoms with Crippen molar-refractivity contribution in [3.8, 4) is 5.69 Å². The number of benzene rings is 3. The van der Waals surface area contributed by atoms with Crippen LogP contribution >= 0.6 is 38.5 Å². The molecular formula is C18H11BrIN. The van der Waals surface area contributed by atoms with Crippen LogP contribution in [0.4, 0.5) is 0 Å². The van der Waals surface area contributed by atoms with Gasteiger partial charge < -0.3 is 4.57 Å². The molecule has 3 heteroatoms. The molecule has 4 aromatic rings. The van der Waals surface area contributed by atoms with Crippen LogP contribution in [0.1, 0.15) is 11.0 Å². The number of rotatable bonds is 1. The highest BCUT2D eigenvalue weighted by Crippen LogP contribution is 2.34. The van der Waals surface area contributed by atoms with Gasteiger partial charge in [0.25, 0.3) is 0 Å². The van der Waals surface area contributed by atoms with Crippen LogP contribution in [-0.4, -0.2) is 4.57 Å². The van der Waals surface area contributed by atoms with Crippen LogP contribution < -0.4 is 0 Å². The molecule has 0 unspecified atom stereocenters. The minimum absolute atomic E-state index is 0.0776. The van der Waals surface area contributed by atoms with E-state index in [1.54, 1.807) is 6.07 Å². The molecule has 0 fully saturated rings. The topological polar surface area (TPSA) is 4.93 Å². The van der Waals surface area contributed by atoms with Crippen molar-refractivity contribution in [1.82, 2.24) is 4.57 Å². The molecule has 1 nitrogen and oxygen atoms in total. The summed E-state index contributed by atoms with van der Waals surface area (Å²) in [6.07, 6.45) is 0. The monoisotopic (exact) mass is 455 g/mol. The molecule has 0 saturated heterocycles. The molecule has 0 aliphatic carbocycles. The van der Waals surface area contributed by atoms with E-state index < -0.39 is 24.2 Å². The fraction of sp³-hybridized carbons (Fsp3) is 0. The zero-order chi connectivity index (χ0) is 21.4. The van der Waals surface area contributed by atoms with E-state index in [4.69, 9.17) is 11.0 Å². The van der Waals surface area contributed by atoms with Gasteiger partial charge in [0.05, 0.1) is 27.7 Å². The molecule has 0 spiro atoms. The predicted molar refractivity (Wildman–Crippen MR) is 101 cm³/mol. The van der Waals surface area contributed by atoms with Gasteiger partial charge in [-0.05, 0) is 52.9 Å². The quantitative estimate of drug-likeness (QED) is 0.303. The molecule has 4 rings (SSSR count). The van der Waals surface area contributed by atoms with E-state index in [2.05, 4.69) is 38.5 Å². The molecule has 1 aromatic heterocycles. The van der Waals surface area contributed by atoms with E-state index in [0.29, 0.717) is 5.69 Å². The lowest BCUT2D eigenvalue weighted by atomic mass is 10.2. The summed E-state index contributed by atoms with van der Waals surface area (Å²) in [6.45, 7) is 0. The van der Waals surface area contributed by atoms with Gasteiger partial charge in [-0.25, -0.2) is 0 Å². The Labute approximate surface area is 156 Å². The van der Waals surface area contributed by atoms with Gasteiger partial charge in [-0.1, -0.05) is 52.2 Å². The number of nitrogens with zero attached hydrogens (tertiary/aromatic N) is 1. The second-order valence-corrected chi connectivity index (χ2v) is 6.46. The SMILES string of the molecule is [2H]c1c([2H])c([2H])c2c(c1[2H])c1c([2H])c([2H])c([2H])c([2H])c1n2-c1cc(Br)ccc1I. The number of hydrogen-bond donors (Lipinski definition) is 0. The third-order valence-corrected chi connectivity index (χ3v) is 4.59. The molecular weight excluding hydrogens is 437 g/mol. The molecule has 0 aliphatic heterocycles. The van der Waals surface area contributed by atoms with Gasteiger partial charge in [0.2, 0.25) is 0 Å². The third kappa shape index (κ3) is 2.10. The van der Waals surface area contributed by atoms with Gasteiger partial charge in [0.15, 0.2) is 0 Å². The summed E-state index contributed by atoms with van der Waals surface area (Å²) in [4.78, 5) is 0. The van der Waals surface area contributed by atoms with E-state index in [9.17, 15) is 0 Å². The maximum absolute atomic E-state index is 8.48. The first-order valence-electron chi connectivity index (χ1n) is 10.0. The molecule has 1 heterocycles. The summed E-state index contributed by atoms with van der Waals surface area (Å²) in [7, 11) is 0. The molecule has 3 aromatic carbocycles. The van der Waals surface area contributed by atoms with Crippen molar-refractivity contribution in [3.05, 3.63) is 74.6 Å². The Hall–Kier alpha value is -1.33. The van der Waals surface area contributed by atoms with E-state index in [1.165, 1.54) is 4.57 Å². The molecule has 0 bridgehead atoms. The number of hydrogen-bond acceptors (Lipinski definition) is 0. The van der Waals surface area contributed by atoms with Crippen molar-refractivity contribution in [3.63, 3.8) is 0 Å². The maximum atomic E-state index is 8.48. The van der Waals surface area contributed by atoms with Crippen LogP contribution in [0.15, 0.2) is 71.0 Å². The van der Waals surface area contributed by atoms with Crippen molar-refractivity contribution >= 4 is 60.3 Å². The summed E-state index contributed by atoms with van der Waals surface area (Å²) in [5, 5.41) is 0.155. The highest BCUT2D eigenvalue weighted by molar-refractivity contribution is 14.1. The van der Waals surface area contributed by atoms with Crippen molar-refractivity contribution in [1.29, 1.82) is 0 Å². The van der Waals surface area contributed by atoms with Crippen LogP contribution in [0.3, 0.4) is 0 Å². The summed E-state index contributed by atoms with van der Waals surface area (Å²) >= 11 is 5.50. The van der Waals surface area contributed by atoms with Crippen molar-refractivity contribution in [2.45, 2.75) is 0 Å². The standard InChI is InChI=1S/C18H11BrIN/c19-12-9-10-15(20)18(11-12)21-16-7-3-1-5-13(16)14-6-2-4-8-17(14)21/h1-11H/i1D,2D,3D,4D,5D,6D,7D,8D. The average molecular weight is 456 g/mol. The van der Waals surface area contributed by atoms with E-state index in [0.717, 1.165) is 8.04 Å². The minimum Gasteiger partial charge on any atom is -0.308 e. The normalized spacial score (nSPS) is 16.7. The average Bonchev–Trinajstić information content (AvgIpc) is 3.05. The lowest BCUT2D eigenvalue weighted by molar-refractivity contribution is 1.16. The molecule has 0 N–H and O–H groups in total. The zero-order valence-corrected chi connectivity index (χ0v) is 14.2. The number of halogens is 2. The Bertz CT molecular complexity index is 1290. The Balaban J connectivity index is 2.46.